The number of hydrogen-bond acceptors (Lipinski definition) is 8. The van der Waals surface area contributed by atoms with Crippen molar-refractivity contribution in [3.63, 3.8) is 0 Å². The third-order valence-corrected chi connectivity index (χ3v) is 4.24. The summed E-state index contributed by atoms with van der Waals surface area (Å²) in [7, 11) is 2.92. The van der Waals surface area contributed by atoms with Gasteiger partial charge in [-0.3, -0.25) is 20.4 Å². The zero-order valence-corrected chi connectivity index (χ0v) is 19.1. The predicted octanol–water partition coefficient (Wildman–Crippen LogP) is 2.51. The summed E-state index contributed by atoms with van der Waals surface area (Å²) in [5.41, 5.74) is 4.86. The minimum Gasteiger partial charge on any atom is -0.493 e. The van der Waals surface area contributed by atoms with Crippen LogP contribution in [0, 0.1) is 0 Å². The Balaban J connectivity index is 1.89. The van der Waals surface area contributed by atoms with E-state index in [1.807, 2.05) is 13.8 Å². The number of nitrogens with one attached hydrogen (secondary N) is 2. The van der Waals surface area contributed by atoms with Crippen LogP contribution in [-0.4, -0.2) is 51.8 Å². The van der Waals surface area contributed by atoms with Crippen molar-refractivity contribution in [2.24, 2.45) is 0 Å². The van der Waals surface area contributed by atoms with Gasteiger partial charge in [0.1, 0.15) is 0 Å². The van der Waals surface area contributed by atoms with Crippen LogP contribution in [0.3, 0.4) is 0 Å². The first-order valence-corrected chi connectivity index (χ1v) is 10.3. The Morgan fingerprint density at radius 2 is 1.45 bits per heavy atom. The first-order valence-electron chi connectivity index (χ1n) is 10.3. The van der Waals surface area contributed by atoms with Gasteiger partial charge in [-0.2, -0.15) is 0 Å². The lowest BCUT2D eigenvalue weighted by Crippen LogP contribution is -2.43. The molecule has 0 spiro atoms. The summed E-state index contributed by atoms with van der Waals surface area (Å²) in [6.45, 7) is 4.11. The van der Waals surface area contributed by atoms with Gasteiger partial charge in [0.15, 0.2) is 29.6 Å². The second-order valence-corrected chi connectivity index (χ2v) is 6.59. The van der Waals surface area contributed by atoms with E-state index in [1.54, 1.807) is 12.1 Å². The van der Waals surface area contributed by atoms with Crippen molar-refractivity contribution >= 4 is 17.8 Å². The monoisotopic (exact) mass is 460 g/mol. The maximum absolute atomic E-state index is 12.3. The van der Waals surface area contributed by atoms with E-state index in [1.165, 1.54) is 38.5 Å². The molecule has 0 atom stereocenters. The van der Waals surface area contributed by atoms with Crippen LogP contribution in [0.15, 0.2) is 36.4 Å². The molecule has 0 aromatic heterocycles. The fourth-order valence-corrected chi connectivity index (χ4v) is 2.66. The number of rotatable bonds is 11. The lowest BCUT2D eigenvalue weighted by molar-refractivity contribution is -0.125. The van der Waals surface area contributed by atoms with Crippen LogP contribution in [-0.2, 0) is 9.53 Å². The minimum absolute atomic E-state index is 0.199. The maximum Gasteiger partial charge on any atom is 0.338 e. The molecule has 2 aromatic carbocycles. The molecule has 0 fully saturated rings. The molecule has 0 saturated carbocycles. The molecule has 178 valence electrons. The zero-order chi connectivity index (χ0) is 24.2. The maximum atomic E-state index is 12.3. The summed E-state index contributed by atoms with van der Waals surface area (Å²) in [4.78, 5) is 36.5. The van der Waals surface area contributed by atoms with E-state index in [2.05, 4.69) is 10.9 Å². The number of hydrazine groups is 1. The first kappa shape index (κ1) is 25.3. The molecule has 0 bridgehead atoms. The Hall–Kier alpha value is -3.95. The van der Waals surface area contributed by atoms with Gasteiger partial charge in [0.05, 0.1) is 33.0 Å². The van der Waals surface area contributed by atoms with Crippen LogP contribution < -0.4 is 29.8 Å². The van der Waals surface area contributed by atoms with Crippen molar-refractivity contribution in [3.05, 3.63) is 47.5 Å². The standard InChI is InChI=1S/C23H28N2O8/c1-5-11-32-18-10-8-16(13-20(18)31-6-2)23(28)33-14-21(26)24-25-22(27)15-7-9-17(29-3)19(12-15)30-4/h7-10,12-13H,5-6,11,14H2,1-4H3,(H,24,26)(H,25,27). The van der Waals surface area contributed by atoms with E-state index >= 15 is 0 Å². The molecule has 0 aliphatic rings. The van der Waals surface area contributed by atoms with Crippen molar-refractivity contribution in [2.75, 3.05) is 34.0 Å². The van der Waals surface area contributed by atoms with Gasteiger partial charge >= 0.3 is 5.97 Å². The SMILES string of the molecule is CCCOc1ccc(C(=O)OCC(=O)NNC(=O)c2ccc(OC)c(OC)c2)cc1OCC. The summed E-state index contributed by atoms with van der Waals surface area (Å²) in [5, 5.41) is 0. The van der Waals surface area contributed by atoms with Gasteiger partial charge in [-0.05, 0) is 49.7 Å². The Labute approximate surface area is 192 Å². The van der Waals surface area contributed by atoms with Gasteiger partial charge in [-0.15, -0.1) is 0 Å². The van der Waals surface area contributed by atoms with E-state index in [0.29, 0.717) is 36.2 Å². The summed E-state index contributed by atoms with van der Waals surface area (Å²) in [6, 6.07) is 9.16. The summed E-state index contributed by atoms with van der Waals surface area (Å²) in [6.07, 6.45) is 0.826. The second-order valence-electron chi connectivity index (χ2n) is 6.59. The smallest absolute Gasteiger partial charge is 0.338 e. The molecule has 2 rings (SSSR count). The molecule has 0 aliphatic carbocycles. The van der Waals surface area contributed by atoms with E-state index in [4.69, 9.17) is 23.7 Å². The Kier molecular flexibility index (Phi) is 9.81. The molecule has 33 heavy (non-hydrogen) atoms. The van der Waals surface area contributed by atoms with Crippen molar-refractivity contribution in [3.8, 4) is 23.0 Å². The third kappa shape index (κ3) is 7.30. The molecule has 2 N–H and O–H groups in total. The molecule has 10 nitrogen and oxygen atoms in total. The van der Waals surface area contributed by atoms with E-state index < -0.39 is 24.4 Å². The highest BCUT2D eigenvalue weighted by molar-refractivity contribution is 5.96. The Morgan fingerprint density at radius 1 is 0.788 bits per heavy atom. The normalized spacial score (nSPS) is 10.1. The lowest BCUT2D eigenvalue weighted by atomic mass is 10.2. The lowest BCUT2D eigenvalue weighted by Gasteiger charge is -2.13. The quantitative estimate of drug-likeness (QED) is 0.388. The predicted molar refractivity (Wildman–Crippen MR) is 119 cm³/mol. The van der Waals surface area contributed by atoms with Crippen molar-refractivity contribution in [1.82, 2.24) is 10.9 Å². The average molecular weight is 460 g/mol. The summed E-state index contributed by atoms with van der Waals surface area (Å²) in [5.74, 6) is -0.271. The van der Waals surface area contributed by atoms with Gasteiger partial charge in [-0.25, -0.2) is 4.79 Å². The Morgan fingerprint density at radius 3 is 2.12 bits per heavy atom. The van der Waals surface area contributed by atoms with Crippen LogP contribution in [0.5, 0.6) is 23.0 Å². The average Bonchev–Trinajstić information content (AvgIpc) is 2.84. The number of carbonyl (C=O) groups excluding carboxylic acids is 3. The largest absolute Gasteiger partial charge is 0.493 e. The summed E-state index contributed by atoms with van der Waals surface area (Å²) >= 11 is 0. The number of benzene rings is 2. The van der Waals surface area contributed by atoms with Crippen molar-refractivity contribution in [1.29, 1.82) is 0 Å². The molecular weight excluding hydrogens is 432 g/mol. The minimum atomic E-state index is -0.723. The van der Waals surface area contributed by atoms with Crippen LogP contribution in [0.25, 0.3) is 0 Å². The molecule has 2 aromatic rings. The molecular formula is C23H28N2O8. The third-order valence-electron chi connectivity index (χ3n) is 4.24. The van der Waals surface area contributed by atoms with Crippen LogP contribution in [0.2, 0.25) is 0 Å². The number of amides is 2. The van der Waals surface area contributed by atoms with E-state index in [-0.39, 0.29) is 11.1 Å². The number of methoxy groups -OCH3 is 2. The van der Waals surface area contributed by atoms with E-state index in [9.17, 15) is 14.4 Å². The van der Waals surface area contributed by atoms with Crippen LogP contribution >= 0.6 is 0 Å². The second kappa shape index (κ2) is 12.8. The highest BCUT2D eigenvalue weighted by atomic mass is 16.5. The van der Waals surface area contributed by atoms with Gasteiger partial charge in [-0.1, -0.05) is 6.92 Å². The fourth-order valence-electron chi connectivity index (χ4n) is 2.66. The number of hydrogen-bond donors (Lipinski definition) is 2. The molecule has 0 heterocycles. The Bertz CT molecular complexity index is 977. The van der Waals surface area contributed by atoms with Gasteiger partial charge in [0.25, 0.3) is 11.8 Å². The molecule has 0 saturated heterocycles. The molecule has 0 radical (unpaired) electrons. The molecule has 0 aliphatic heterocycles. The highest BCUT2D eigenvalue weighted by Crippen LogP contribution is 2.29. The fraction of sp³-hybridized carbons (Fsp3) is 0.348. The van der Waals surface area contributed by atoms with E-state index in [0.717, 1.165) is 6.42 Å². The van der Waals surface area contributed by atoms with Gasteiger partial charge in [0, 0.05) is 5.56 Å². The number of ether oxygens (including phenoxy) is 5. The van der Waals surface area contributed by atoms with Gasteiger partial charge < -0.3 is 23.7 Å². The van der Waals surface area contributed by atoms with Crippen molar-refractivity contribution in [2.45, 2.75) is 20.3 Å². The topological polar surface area (TPSA) is 121 Å². The highest BCUT2D eigenvalue weighted by Gasteiger charge is 2.16. The van der Waals surface area contributed by atoms with Gasteiger partial charge in [0.2, 0.25) is 0 Å². The molecule has 0 unspecified atom stereocenters. The molecule has 2 amide bonds. The van der Waals surface area contributed by atoms with Crippen LogP contribution in [0.1, 0.15) is 41.0 Å². The first-order chi connectivity index (χ1) is 15.9. The number of carbonyl (C=O) groups is 3. The summed E-state index contributed by atoms with van der Waals surface area (Å²) < 4.78 is 26.4. The van der Waals surface area contributed by atoms with Crippen molar-refractivity contribution < 1.29 is 38.1 Å². The zero-order valence-electron chi connectivity index (χ0n) is 19.1. The number of esters is 1. The molecule has 10 heteroatoms. The van der Waals surface area contributed by atoms with Crippen LogP contribution in [0.4, 0.5) is 0 Å².